The Morgan fingerprint density at radius 1 is 1.08 bits per heavy atom. The molecule has 1 rings (SSSR count). The number of hydrogen-bond acceptors (Lipinski definition) is 0. The molecule has 0 aliphatic carbocycles. The Balaban J connectivity index is 0.00000121. The van der Waals surface area contributed by atoms with Crippen LogP contribution in [0.3, 0.4) is 0 Å². The molecule has 1 aromatic carbocycles. The summed E-state index contributed by atoms with van der Waals surface area (Å²) in [5.74, 6) is 0. The average Bonchev–Trinajstić information content (AvgIpc) is 1.93. The molecule has 0 saturated heterocycles. The zero-order chi connectivity index (χ0) is 8.27. The summed E-state index contributed by atoms with van der Waals surface area (Å²) in [7, 11) is 0. The van der Waals surface area contributed by atoms with Gasteiger partial charge in [0, 0.05) is 0 Å². The first kappa shape index (κ1) is 12.0. The van der Waals surface area contributed by atoms with Gasteiger partial charge >= 0.3 is 75.0 Å². The van der Waals surface area contributed by atoms with Gasteiger partial charge in [-0.3, -0.25) is 0 Å². The van der Waals surface area contributed by atoms with Gasteiger partial charge in [0.15, 0.2) is 0 Å². The van der Waals surface area contributed by atoms with Gasteiger partial charge in [-0.25, -0.2) is 0 Å². The molecule has 12 heavy (non-hydrogen) atoms. The third-order valence-electron chi connectivity index (χ3n) is 1.60. The summed E-state index contributed by atoms with van der Waals surface area (Å²) in [6.45, 7) is 6.71. The first-order valence-electron chi connectivity index (χ1n) is 4.10. The number of hydrogen-bond donors (Lipinski definition) is 0. The minimum absolute atomic E-state index is 0. The van der Waals surface area contributed by atoms with Crippen molar-refractivity contribution in [2.45, 2.75) is 25.6 Å². The standard InChI is InChI=1S/C7H7.C3H7.Al.ClH/c1-7-5-3-2-4-6-7;1-3-2;;/h3-6H,1H3;3H,1-2H3;;1H/q;;+1;/p-1. The van der Waals surface area contributed by atoms with Crippen LogP contribution in [0.1, 0.15) is 19.4 Å². The van der Waals surface area contributed by atoms with Crippen molar-refractivity contribution < 1.29 is 12.4 Å². The van der Waals surface area contributed by atoms with Crippen molar-refractivity contribution in [3.63, 3.8) is 0 Å². The van der Waals surface area contributed by atoms with Gasteiger partial charge in [-0.2, -0.15) is 0 Å². The monoisotopic (exact) mass is 196 g/mol. The second kappa shape index (κ2) is 5.65. The van der Waals surface area contributed by atoms with Crippen LogP contribution >= 0.6 is 0 Å². The zero-order valence-corrected chi connectivity index (χ0v) is 9.75. The molecule has 0 radical (unpaired) electrons. The van der Waals surface area contributed by atoms with Gasteiger partial charge in [0.2, 0.25) is 0 Å². The van der Waals surface area contributed by atoms with Crippen molar-refractivity contribution >= 4 is 19.6 Å². The van der Waals surface area contributed by atoms with E-state index >= 15 is 0 Å². The van der Waals surface area contributed by atoms with Gasteiger partial charge in [-0.15, -0.1) is 0 Å². The van der Waals surface area contributed by atoms with E-state index in [1.54, 1.807) is 0 Å². The van der Waals surface area contributed by atoms with Crippen molar-refractivity contribution in [1.82, 2.24) is 0 Å². The third-order valence-corrected chi connectivity index (χ3v) is 3.04. The maximum absolute atomic E-state index is 2.29. The van der Waals surface area contributed by atoms with Crippen LogP contribution in [0.2, 0.25) is 4.78 Å². The summed E-state index contributed by atoms with van der Waals surface area (Å²) in [5.41, 5.74) is 1.36. The Kier molecular flexibility index (Phi) is 5.67. The van der Waals surface area contributed by atoms with E-state index in [1.165, 1.54) is 9.99 Å². The van der Waals surface area contributed by atoms with Gasteiger partial charge in [0.25, 0.3) is 0 Å². The molecule has 2 heteroatoms. The van der Waals surface area contributed by atoms with E-state index in [9.17, 15) is 0 Å². The van der Waals surface area contributed by atoms with E-state index in [4.69, 9.17) is 0 Å². The molecule has 64 valence electrons. The first-order valence-corrected chi connectivity index (χ1v) is 5.34. The minimum Gasteiger partial charge on any atom is -1.00 e. The predicted molar refractivity (Wildman–Crippen MR) is 51.7 cm³/mol. The summed E-state index contributed by atoms with van der Waals surface area (Å²) < 4.78 is 2.38. The molecule has 0 aliphatic rings. The van der Waals surface area contributed by atoms with Gasteiger partial charge in [-0.05, 0) is 0 Å². The predicted octanol–water partition coefficient (Wildman–Crippen LogP) is -0.843. The van der Waals surface area contributed by atoms with Crippen molar-refractivity contribution in [1.29, 1.82) is 0 Å². The molecule has 0 amide bonds. The van der Waals surface area contributed by atoms with E-state index in [1.807, 2.05) is 0 Å². The van der Waals surface area contributed by atoms with E-state index < -0.39 is 0 Å². The van der Waals surface area contributed by atoms with Crippen LogP contribution in [0.5, 0.6) is 0 Å². The fourth-order valence-electron chi connectivity index (χ4n) is 1.06. The summed E-state index contributed by atoms with van der Waals surface area (Å²) in [6, 6.07) is 8.91. The topological polar surface area (TPSA) is 0 Å². The van der Waals surface area contributed by atoms with E-state index in [0.717, 1.165) is 4.78 Å². The number of aryl methyl sites for hydroxylation is 1. The fourth-order valence-corrected chi connectivity index (χ4v) is 2.25. The SMILES string of the molecule is Cc1cc[c]([Al+][CH](C)C)cc1.[Cl-]. The minimum atomic E-state index is 0. The zero-order valence-electron chi connectivity index (χ0n) is 7.84. The molecule has 0 fully saturated rings. The van der Waals surface area contributed by atoms with Crippen molar-refractivity contribution in [2.24, 2.45) is 0 Å². The van der Waals surface area contributed by atoms with Crippen molar-refractivity contribution in [2.75, 3.05) is 0 Å². The summed E-state index contributed by atoms with van der Waals surface area (Å²) in [6.07, 6.45) is 0. The molecular weight excluding hydrogens is 183 g/mol. The number of benzene rings is 1. The Bertz CT molecular complexity index is 216. The van der Waals surface area contributed by atoms with E-state index in [-0.39, 0.29) is 12.4 Å². The molecule has 0 aliphatic heterocycles. The molecule has 0 nitrogen and oxygen atoms in total. The third kappa shape index (κ3) is 4.16. The Morgan fingerprint density at radius 2 is 1.58 bits per heavy atom. The molecular formula is C10H14AlCl. The normalized spacial score (nSPS) is 9.00. The smallest absolute Gasteiger partial charge is 1.00 e. The molecule has 1 aromatic rings. The Hall–Kier alpha value is 0.0425. The van der Waals surface area contributed by atoms with Crippen LogP contribution in [-0.2, 0) is 0 Å². The van der Waals surface area contributed by atoms with Crippen LogP contribution in [0, 0.1) is 6.92 Å². The first-order chi connectivity index (χ1) is 5.18. The molecule has 0 heterocycles. The molecule has 0 aromatic heterocycles. The molecule has 0 saturated carbocycles. The van der Waals surface area contributed by atoms with Crippen LogP contribution in [0.25, 0.3) is 0 Å². The van der Waals surface area contributed by atoms with E-state index in [0.29, 0.717) is 15.2 Å². The molecule has 0 unspecified atom stereocenters. The van der Waals surface area contributed by atoms with Crippen LogP contribution in [-0.4, -0.2) is 15.2 Å². The molecule has 0 N–H and O–H groups in total. The molecule has 0 bridgehead atoms. The fraction of sp³-hybridized carbons (Fsp3) is 0.400. The van der Waals surface area contributed by atoms with E-state index in [2.05, 4.69) is 45.0 Å². The number of rotatable bonds is 2. The van der Waals surface area contributed by atoms with Crippen molar-refractivity contribution in [3.8, 4) is 0 Å². The summed E-state index contributed by atoms with van der Waals surface area (Å²) >= 11 is 0.482. The summed E-state index contributed by atoms with van der Waals surface area (Å²) in [5, 5.41) is 0. The number of halogens is 1. The van der Waals surface area contributed by atoms with Crippen LogP contribution < -0.4 is 16.8 Å². The van der Waals surface area contributed by atoms with Gasteiger partial charge < -0.3 is 12.4 Å². The second-order valence-electron chi connectivity index (χ2n) is 3.32. The molecule has 0 spiro atoms. The van der Waals surface area contributed by atoms with Gasteiger partial charge in [0.1, 0.15) is 0 Å². The van der Waals surface area contributed by atoms with Crippen LogP contribution in [0.4, 0.5) is 0 Å². The maximum Gasteiger partial charge on any atom is -1.00 e. The average molecular weight is 197 g/mol. The van der Waals surface area contributed by atoms with Crippen LogP contribution in [0.15, 0.2) is 24.3 Å². The van der Waals surface area contributed by atoms with Gasteiger partial charge in [0.05, 0.1) is 0 Å². The quantitative estimate of drug-likeness (QED) is 0.541. The maximum atomic E-state index is 2.29. The van der Waals surface area contributed by atoms with Gasteiger partial charge in [-0.1, -0.05) is 0 Å². The largest absolute Gasteiger partial charge is 1.00 e. The second-order valence-corrected chi connectivity index (χ2v) is 5.65. The van der Waals surface area contributed by atoms with Crippen molar-refractivity contribution in [3.05, 3.63) is 29.8 Å². The Morgan fingerprint density at radius 3 is 2.00 bits per heavy atom. The summed E-state index contributed by atoms with van der Waals surface area (Å²) in [4.78, 5) is 0. The molecule has 0 atom stereocenters. The Labute approximate surface area is 87.5 Å².